The minimum atomic E-state index is -1.07. The summed E-state index contributed by atoms with van der Waals surface area (Å²) in [4.78, 5) is 45.6. The maximum Gasteiger partial charge on any atom is 0.337 e. The van der Waals surface area contributed by atoms with Crippen molar-refractivity contribution in [1.82, 2.24) is 9.13 Å². The lowest BCUT2D eigenvalue weighted by Gasteiger charge is -2.11. The molecule has 2 heterocycles. The van der Waals surface area contributed by atoms with Crippen molar-refractivity contribution in [3.8, 4) is 11.5 Å². The molecule has 0 unspecified atom stereocenters. The SMILES string of the molecule is CCc1c(CC(=O)O)c2cc(C(=O)O)ccc2n1Cc1ccc(O)cc1.Cc1c(CC(=O)O)c2cccc(C(=O)O)c2n1Cc1cccc(O)c1. The number of fused-ring (bicyclic) bond motifs is 2. The number of aromatic hydroxyl groups is 2. The second-order valence-electron chi connectivity index (χ2n) is 12.0. The summed E-state index contributed by atoms with van der Waals surface area (Å²) in [6.45, 7) is 4.57. The number of carboxylic acid groups (broad SMARTS) is 4. The fourth-order valence-electron chi connectivity index (χ4n) is 6.51. The first-order chi connectivity index (χ1) is 24.3. The highest BCUT2D eigenvalue weighted by Crippen LogP contribution is 2.32. The number of nitrogens with zero attached hydrogens (tertiary/aromatic N) is 2. The molecule has 0 aliphatic carbocycles. The van der Waals surface area contributed by atoms with Crippen molar-refractivity contribution in [2.75, 3.05) is 0 Å². The van der Waals surface area contributed by atoms with Crippen molar-refractivity contribution < 1.29 is 49.8 Å². The van der Waals surface area contributed by atoms with Gasteiger partial charge in [0.25, 0.3) is 0 Å². The lowest BCUT2D eigenvalue weighted by Crippen LogP contribution is -2.07. The zero-order chi connectivity index (χ0) is 37.0. The smallest absolute Gasteiger partial charge is 0.337 e. The van der Waals surface area contributed by atoms with Gasteiger partial charge >= 0.3 is 23.9 Å². The molecule has 51 heavy (non-hydrogen) atoms. The van der Waals surface area contributed by atoms with Crippen LogP contribution in [0.25, 0.3) is 21.8 Å². The maximum atomic E-state index is 11.6. The Morgan fingerprint density at radius 2 is 1.27 bits per heavy atom. The molecule has 6 aromatic rings. The first-order valence-electron chi connectivity index (χ1n) is 16.0. The molecule has 0 saturated heterocycles. The predicted molar refractivity (Wildman–Crippen MR) is 189 cm³/mol. The average molecular weight is 693 g/mol. The Kier molecular flexibility index (Phi) is 10.4. The topological polar surface area (TPSA) is 200 Å². The number of hydrogen-bond acceptors (Lipinski definition) is 6. The first kappa shape index (κ1) is 35.7. The second-order valence-corrected chi connectivity index (χ2v) is 12.0. The van der Waals surface area contributed by atoms with Crippen molar-refractivity contribution in [1.29, 1.82) is 0 Å². The van der Waals surface area contributed by atoms with E-state index in [2.05, 4.69) is 0 Å². The molecule has 0 saturated carbocycles. The van der Waals surface area contributed by atoms with E-state index in [0.29, 0.717) is 52.6 Å². The van der Waals surface area contributed by atoms with Gasteiger partial charge in [0.1, 0.15) is 11.5 Å². The average Bonchev–Trinajstić information content (AvgIpc) is 3.51. The third kappa shape index (κ3) is 7.70. The first-order valence-corrected chi connectivity index (χ1v) is 16.0. The molecule has 262 valence electrons. The summed E-state index contributed by atoms with van der Waals surface area (Å²) in [6, 6.07) is 23.2. The zero-order valence-corrected chi connectivity index (χ0v) is 27.8. The standard InChI is InChI=1S/C20H19NO5.C19H17NO5/c1-2-17-16(10-19(23)24)15-9-13(20(25)26)5-8-18(15)21(17)11-12-3-6-14(22)7-4-12;1-11-16(9-17(22)23)14-6-3-7-15(19(24)25)18(14)20(11)10-12-4-2-5-13(21)8-12/h3-9,22H,2,10-11H2,1H3,(H,23,24)(H,25,26);2-8,21H,9-10H2,1H3,(H,22,23)(H,24,25). The summed E-state index contributed by atoms with van der Waals surface area (Å²) >= 11 is 0. The molecular formula is C39H36N2O10. The number of carbonyl (C=O) groups is 4. The summed E-state index contributed by atoms with van der Waals surface area (Å²) in [5.41, 5.74) is 6.13. The molecule has 0 bridgehead atoms. The molecule has 6 N–H and O–H groups in total. The van der Waals surface area contributed by atoms with Gasteiger partial charge in [0.15, 0.2) is 0 Å². The van der Waals surface area contributed by atoms with Crippen LogP contribution in [0.2, 0.25) is 0 Å². The van der Waals surface area contributed by atoms with Crippen LogP contribution >= 0.6 is 0 Å². The Labute approximate surface area is 291 Å². The summed E-state index contributed by atoms with van der Waals surface area (Å²) < 4.78 is 3.82. The van der Waals surface area contributed by atoms with Crippen LogP contribution in [0.1, 0.15) is 61.3 Å². The molecule has 6 rings (SSSR count). The van der Waals surface area contributed by atoms with E-state index in [9.17, 15) is 49.8 Å². The van der Waals surface area contributed by atoms with Gasteiger partial charge in [-0.15, -0.1) is 0 Å². The Morgan fingerprint density at radius 3 is 1.88 bits per heavy atom. The van der Waals surface area contributed by atoms with Crippen molar-refractivity contribution >= 4 is 45.7 Å². The van der Waals surface area contributed by atoms with E-state index in [-0.39, 0.29) is 35.5 Å². The fourth-order valence-corrected chi connectivity index (χ4v) is 6.51. The van der Waals surface area contributed by atoms with Crippen LogP contribution < -0.4 is 0 Å². The van der Waals surface area contributed by atoms with Gasteiger partial charge in [0.2, 0.25) is 0 Å². The van der Waals surface area contributed by atoms with E-state index in [1.165, 1.54) is 12.1 Å². The summed E-state index contributed by atoms with van der Waals surface area (Å²) in [7, 11) is 0. The lowest BCUT2D eigenvalue weighted by atomic mass is 10.0. The number of benzene rings is 4. The van der Waals surface area contributed by atoms with Crippen molar-refractivity contribution in [3.05, 3.63) is 130 Å². The number of para-hydroxylation sites is 1. The van der Waals surface area contributed by atoms with E-state index >= 15 is 0 Å². The second kappa shape index (κ2) is 14.9. The molecule has 12 heteroatoms. The van der Waals surface area contributed by atoms with E-state index < -0.39 is 23.9 Å². The van der Waals surface area contributed by atoms with Gasteiger partial charge in [-0.1, -0.05) is 43.3 Å². The number of phenolic OH excluding ortho intramolecular Hbond substituents is 2. The van der Waals surface area contributed by atoms with Gasteiger partial charge in [-0.05, 0) is 84.1 Å². The molecular weight excluding hydrogens is 656 g/mol. The maximum absolute atomic E-state index is 11.6. The molecule has 0 atom stereocenters. The monoisotopic (exact) mass is 692 g/mol. The Morgan fingerprint density at radius 1 is 0.627 bits per heavy atom. The molecule has 12 nitrogen and oxygen atoms in total. The molecule has 0 fully saturated rings. The van der Waals surface area contributed by atoms with Crippen molar-refractivity contribution in [2.24, 2.45) is 0 Å². The van der Waals surface area contributed by atoms with Crippen molar-refractivity contribution in [2.45, 2.75) is 46.2 Å². The highest BCUT2D eigenvalue weighted by atomic mass is 16.4. The van der Waals surface area contributed by atoms with Crippen LogP contribution in [-0.2, 0) is 41.9 Å². The summed E-state index contributed by atoms with van der Waals surface area (Å²) in [5.74, 6) is -3.74. The molecule has 0 spiro atoms. The third-order valence-electron chi connectivity index (χ3n) is 8.76. The van der Waals surface area contributed by atoms with E-state index in [1.807, 2.05) is 29.7 Å². The Hall–Kier alpha value is -6.56. The minimum absolute atomic E-state index is 0.121. The number of aliphatic carboxylic acids is 2. The zero-order valence-electron chi connectivity index (χ0n) is 27.8. The van der Waals surface area contributed by atoms with E-state index in [1.54, 1.807) is 66.1 Å². The van der Waals surface area contributed by atoms with Gasteiger partial charge < -0.3 is 39.8 Å². The van der Waals surface area contributed by atoms with Gasteiger partial charge in [0, 0.05) is 40.8 Å². The van der Waals surface area contributed by atoms with Gasteiger partial charge in [-0.25, -0.2) is 9.59 Å². The number of phenols is 2. The van der Waals surface area contributed by atoms with Crippen LogP contribution in [-0.4, -0.2) is 63.7 Å². The fraction of sp³-hybridized carbons (Fsp3) is 0.179. The highest BCUT2D eigenvalue weighted by Gasteiger charge is 2.22. The Bertz CT molecular complexity index is 2300. The van der Waals surface area contributed by atoms with Crippen LogP contribution in [0.5, 0.6) is 11.5 Å². The van der Waals surface area contributed by atoms with Gasteiger partial charge in [0.05, 0.1) is 29.5 Å². The Balaban J connectivity index is 0.000000198. The summed E-state index contributed by atoms with van der Waals surface area (Å²) in [5, 5.41) is 57.7. The van der Waals surface area contributed by atoms with Gasteiger partial charge in [-0.3, -0.25) is 9.59 Å². The molecule has 4 aromatic carbocycles. The quantitative estimate of drug-likeness (QED) is 0.0894. The number of hydrogen-bond donors (Lipinski definition) is 6. The lowest BCUT2D eigenvalue weighted by molar-refractivity contribution is -0.137. The predicted octanol–water partition coefficient (Wildman–Crippen LogP) is 6.31. The number of rotatable bonds is 11. The van der Waals surface area contributed by atoms with E-state index in [0.717, 1.165) is 22.3 Å². The summed E-state index contributed by atoms with van der Waals surface area (Å²) in [6.07, 6.45) is 0.279. The molecule has 0 radical (unpaired) electrons. The molecule has 0 amide bonds. The number of aromatic nitrogens is 2. The van der Waals surface area contributed by atoms with E-state index in [4.69, 9.17) is 0 Å². The normalized spacial score (nSPS) is 10.9. The molecule has 2 aromatic heterocycles. The van der Waals surface area contributed by atoms with Gasteiger partial charge in [-0.2, -0.15) is 0 Å². The number of aromatic carboxylic acids is 2. The minimum Gasteiger partial charge on any atom is -0.508 e. The van der Waals surface area contributed by atoms with Crippen LogP contribution in [0, 0.1) is 6.92 Å². The van der Waals surface area contributed by atoms with Crippen molar-refractivity contribution in [3.63, 3.8) is 0 Å². The highest BCUT2D eigenvalue weighted by molar-refractivity contribution is 6.04. The van der Waals surface area contributed by atoms with Crippen LogP contribution in [0.4, 0.5) is 0 Å². The number of carboxylic acids is 4. The molecule has 0 aliphatic heterocycles. The third-order valence-corrected chi connectivity index (χ3v) is 8.76. The van der Waals surface area contributed by atoms with Crippen LogP contribution in [0.15, 0.2) is 84.9 Å². The van der Waals surface area contributed by atoms with Crippen LogP contribution in [0.3, 0.4) is 0 Å². The largest absolute Gasteiger partial charge is 0.508 e. The molecule has 0 aliphatic rings.